The van der Waals surface area contributed by atoms with Crippen LogP contribution in [0.15, 0.2) is 20.0 Å². The van der Waals surface area contributed by atoms with Crippen LogP contribution in [0.2, 0.25) is 0 Å². The normalized spacial score (nSPS) is 11.8. The first-order valence-corrected chi connectivity index (χ1v) is 8.02. The molecule has 0 aliphatic carbocycles. The van der Waals surface area contributed by atoms with Gasteiger partial charge in [0, 0.05) is 26.2 Å². The summed E-state index contributed by atoms with van der Waals surface area (Å²) in [6.45, 7) is 2.47. The number of isothiocyanates is 4. The van der Waals surface area contributed by atoms with Crippen LogP contribution in [-0.4, -0.2) is 46.8 Å². The number of rotatable bonds is 12. The lowest BCUT2D eigenvalue weighted by atomic mass is 9.75. The molecule has 0 aromatic carbocycles. The van der Waals surface area contributed by atoms with Gasteiger partial charge in [0.25, 0.3) is 0 Å². The van der Waals surface area contributed by atoms with Gasteiger partial charge in [-0.25, -0.2) is 20.0 Å². The highest BCUT2D eigenvalue weighted by Gasteiger charge is 2.28. The summed E-state index contributed by atoms with van der Waals surface area (Å²) in [6.07, 6.45) is 3.40. The fraction of sp³-hybridized carbons (Fsp3) is 0.692. The number of hydrogen-bond donors (Lipinski definition) is 0. The average molecular weight is 357 g/mol. The van der Waals surface area contributed by atoms with E-state index in [1.807, 2.05) is 0 Å². The van der Waals surface area contributed by atoms with E-state index in [1.54, 1.807) is 0 Å². The molecule has 0 saturated carbocycles. The van der Waals surface area contributed by atoms with Crippen molar-refractivity contribution in [2.75, 3.05) is 26.2 Å². The molecule has 0 bridgehead atoms. The first kappa shape index (κ1) is 20.2. The molecule has 0 saturated heterocycles. The molecular weight excluding hydrogens is 340 g/mol. The van der Waals surface area contributed by atoms with Crippen molar-refractivity contribution < 1.29 is 0 Å². The molecule has 8 heteroatoms. The number of thiocarbonyl (C=S) groups is 4. The van der Waals surface area contributed by atoms with Crippen molar-refractivity contribution in [3.63, 3.8) is 0 Å². The van der Waals surface area contributed by atoms with Crippen molar-refractivity contribution in [2.24, 2.45) is 25.4 Å². The van der Waals surface area contributed by atoms with Crippen LogP contribution in [-0.2, 0) is 0 Å². The molecule has 0 N–H and O–H groups in total. The van der Waals surface area contributed by atoms with E-state index in [4.69, 9.17) is 0 Å². The van der Waals surface area contributed by atoms with E-state index >= 15 is 0 Å². The smallest absolute Gasteiger partial charge is 0.0584 e. The summed E-state index contributed by atoms with van der Waals surface area (Å²) in [5, 5.41) is 9.57. The minimum atomic E-state index is -0.0171. The maximum absolute atomic E-state index is 4.62. The van der Waals surface area contributed by atoms with Crippen molar-refractivity contribution in [2.45, 2.75) is 25.7 Å². The zero-order chi connectivity index (χ0) is 15.8. The number of aliphatic imine (C=N–C) groups is 4. The molecule has 0 aromatic heterocycles. The molecule has 0 radical (unpaired) electrons. The fourth-order valence-electron chi connectivity index (χ4n) is 2.10. The molecule has 0 heterocycles. The van der Waals surface area contributed by atoms with Crippen LogP contribution in [0, 0.1) is 5.41 Å². The molecule has 0 aromatic rings. The highest BCUT2D eigenvalue weighted by molar-refractivity contribution is 7.78. The Bertz CT molecular complexity index is 401. The van der Waals surface area contributed by atoms with Gasteiger partial charge >= 0.3 is 0 Å². The molecule has 112 valence electrons. The topological polar surface area (TPSA) is 49.4 Å². The summed E-state index contributed by atoms with van der Waals surface area (Å²) in [5.41, 5.74) is -0.0171. The molecule has 0 amide bonds. The molecule has 21 heavy (non-hydrogen) atoms. The van der Waals surface area contributed by atoms with E-state index in [0.717, 1.165) is 25.7 Å². The van der Waals surface area contributed by atoms with Crippen LogP contribution in [0.1, 0.15) is 25.7 Å². The zero-order valence-electron chi connectivity index (χ0n) is 11.6. The molecule has 0 atom stereocenters. The predicted molar refractivity (Wildman–Crippen MR) is 100 cm³/mol. The third-order valence-corrected chi connectivity index (χ3v) is 3.79. The zero-order valence-corrected chi connectivity index (χ0v) is 14.8. The summed E-state index contributed by atoms with van der Waals surface area (Å²) in [5.74, 6) is 0. The van der Waals surface area contributed by atoms with Crippen molar-refractivity contribution in [3.05, 3.63) is 0 Å². The Morgan fingerprint density at radius 1 is 0.524 bits per heavy atom. The highest BCUT2D eigenvalue weighted by atomic mass is 32.1. The van der Waals surface area contributed by atoms with Crippen LogP contribution in [0.4, 0.5) is 0 Å². The second-order valence-corrected chi connectivity index (χ2v) is 5.12. The van der Waals surface area contributed by atoms with Crippen molar-refractivity contribution >= 4 is 69.5 Å². The average Bonchev–Trinajstić information content (AvgIpc) is 2.48. The Balaban J connectivity index is 4.99. The summed E-state index contributed by atoms with van der Waals surface area (Å²) in [6, 6.07) is 0. The lowest BCUT2D eigenvalue weighted by molar-refractivity contribution is 0.216. The van der Waals surface area contributed by atoms with Crippen molar-refractivity contribution in [1.29, 1.82) is 0 Å². The van der Waals surface area contributed by atoms with Crippen molar-refractivity contribution in [3.8, 4) is 0 Å². The maximum atomic E-state index is 4.62. The molecule has 4 nitrogen and oxygen atoms in total. The second-order valence-electron chi connectivity index (χ2n) is 4.39. The number of nitrogens with zero attached hydrogens (tertiary/aromatic N) is 4. The Morgan fingerprint density at radius 2 is 0.762 bits per heavy atom. The van der Waals surface area contributed by atoms with Crippen LogP contribution in [0.25, 0.3) is 0 Å². The number of hydrogen-bond acceptors (Lipinski definition) is 8. The summed E-state index contributed by atoms with van der Waals surface area (Å²) >= 11 is 18.5. The predicted octanol–water partition coefficient (Wildman–Crippen LogP) is 3.94. The van der Waals surface area contributed by atoms with Crippen LogP contribution in [0.3, 0.4) is 0 Å². The summed E-state index contributed by atoms with van der Waals surface area (Å²) < 4.78 is 0. The Hall–Kier alpha value is -0.800. The van der Waals surface area contributed by atoms with Gasteiger partial charge in [0.15, 0.2) is 0 Å². The molecule has 0 unspecified atom stereocenters. The highest BCUT2D eigenvalue weighted by Crippen LogP contribution is 2.35. The Kier molecular flexibility index (Phi) is 13.6. The molecule has 0 spiro atoms. The molecule has 0 aliphatic heterocycles. The van der Waals surface area contributed by atoms with Gasteiger partial charge < -0.3 is 0 Å². The molecular formula is C13H16N4S4. The lowest BCUT2D eigenvalue weighted by Gasteiger charge is -2.32. The van der Waals surface area contributed by atoms with Gasteiger partial charge in [-0.2, -0.15) is 0 Å². The molecule has 0 fully saturated rings. The SMILES string of the molecule is S=C=NCCC(CCN=C=S)(CCN=C=S)CCN=C=S. The fourth-order valence-corrected chi connectivity index (χ4v) is 2.47. The van der Waals surface area contributed by atoms with Gasteiger partial charge in [-0.05, 0) is 80.0 Å². The summed E-state index contributed by atoms with van der Waals surface area (Å²) in [4.78, 5) is 16.0. The Labute approximate surface area is 146 Å². The van der Waals surface area contributed by atoms with Crippen LogP contribution < -0.4 is 0 Å². The van der Waals surface area contributed by atoms with Gasteiger partial charge in [0.2, 0.25) is 0 Å². The minimum Gasteiger partial charge on any atom is -0.233 e. The van der Waals surface area contributed by atoms with E-state index < -0.39 is 0 Å². The van der Waals surface area contributed by atoms with Gasteiger partial charge in [-0.15, -0.1) is 0 Å². The van der Waals surface area contributed by atoms with Crippen molar-refractivity contribution in [1.82, 2.24) is 0 Å². The monoisotopic (exact) mass is 356 g/mol. The molecule has 0 aliphatic rings. The van der Waals surface area contributed by atoms with E-state index in [-0.39, 0.29) is 5.41 Å². The first-order valence-electron chi connectivity index (χ1n) is 6.39. The summed E-state index contributed by atoms with van der Waals surface area (Å²) in [7, 11) is 0. The third kappa shape index (κ3) is 10.6. The lowest BCUT2D eigenvalue weighted by Crippen LogP contribution is -2.26. The first-order chi connectivity index (χ1) is 10.2. The van der Waals surface area contributed by atoms with Gasteiger partial charge in [-0.1, -0.05) is 0 Å². The van der Waals surface area contributed by atoms with E-state index in [2.05, 4.69) is 89.5 Å². The van der Waals surface area contributed by atoms with Crippen LogP contribution >= 0.6 is 48.9 Å². The Morgan fingerprint density at radius 3 is 0.952 bits per heavy atom. The molecule has 0 rings (SSSR count). The van der Waals surface area contributed by atoms with Gasteiger partial charge in [0.1, 0.15) is 0 Å². The third-order valence-electron chi connectivity index (χ3n) is 3.27. The maximum Gasteiger partial charge on any atom is 0.0584 e. The quantitative estimate of drug-likeness (QED) is 0.392. The second kappa shape index (κ2) is 14.2. The largest absolute Gasteiger partial charge is 0.233 e. The van der Waals surface area contributed by atoms with E-state index in [1.165, 1.54) is 0 Å². The van der Waals surface area contributed by atoms with Gasteiger partial charge in [0.05, 0.1) is 20.6 Å². The van der Waals surface area contributed by atoms with Gasteiger partial charge in [-0.3, -0.25) is 0 Å². The van der Waals surface area contributed by atoms with E-state index in [9.17, 15) is 0 Å². The van der Waals surface area contributed by atoms with E-state index in [0.29, 0.717) is 26.2 Å². The van der Waals surface area contributed by atoms with Crippen LogP contribution in [0.5, 0.6) is 0 Å². The standard InChI is InChI=1S/C13H16N4S4/c18-9-14-5-1-13(2-6-15-10-19,3-7-16-11-20)4-8-17-12-21/h1-8H2. The minimum absolute atomic E-state index is 0.0171.